The number of aliphatic hydroxyl groups is 2. The lowest BCUT2D eigenvalue weighted by molar-refractivity contribution is 0.0235. The number of aromatic nitrogens is 1. The summed E-state index contributed by atoms with van der Waals surface area (Å²) in [5, 5.41) is 19.3. The molecule has 0 aliphatic carbocycles. The van der Waals surface area contributed by atoms with E-state index in [-0.39, 0.29) is 11.6 Å². The molecule has 5 nitrogen and oxygen atoms in total. The second-order valence-corrected chi connectivity index (χ2v) is 5.26. The molecule has 0 aliphatic heterocycles. The van der Waals surface area contributed by atoms with Gasteiger partial charge in [0, 0.05) is 6.20 Å². The van der Waals surface area contributed by atoms with Gasteiger partial charge in [0.25, 0.3) is 0 Å². The van der Waals surface area contributed by atoms with E-state index in [0.717, 1.165) is 4.57 Å². The summed E-state index contributed by atoms with van der Waals surface area (Å²) in [4.78, 5) is 11.9. The van der Waals surface area contributed by atoms with Crippen LogP contribution in [0.1, 0.15) is 32.6 Å². The highest BCUT2D eigenvalue weighted by Gasteiger charge is 2.25. The Kier molecular flexibility index (Phi) is 4.78. The van der Waals surface area contributed by atoms with Gasteiger partial charge in [-0.1, -0.05) is 0 Å². The van der Waals surface area contributed by atoms with Gasteiger partial charge < -0.3 is 14.9 Å². The molecule has 0 aliphatic rings. The molecule has 2 atom stereocenters. The maximum absolute atomic E-state index is 11.9. The molecule has 0 radical (unpaired) electrons. The third kappa shape index (κ3) is 3.73. The zero-order valence-corrected chi connectivity index (χ0v) is 11.4. The van der Waals surface area contributed by atoms with E-state index in [0.29, 0.717) is 0 Å². The van der Waals surface area contributed by atoms with Crippen molar-refractivity contribution in [2.75, 3.05) is 5.88 Å². The molecular formula is C12H18ClNO4. The lowest BCUT2D eigenvalue weighted by Gasteiger charge is -2.22. The predicted octanol–water partition coefficient (Wildman–Crippen LogP) is 1.90. The van der Waals surface area contributed by atoms with Crippen LogP contribution in [-0.4, -0.2) is 38.5 Å². The number of rotatable bonds is 3. The van der Waals surface area contributed by atoms with Crippen molar-refractivity contribution in [2.45, 2.75) is 38.6 Å². The Morgan fingerprint density at radius 1 is 1.50 bits per heavy atom. The van der Waals surface area contributed by atoms with E-state index >= 15 is 0 Å². The third-order valence-corrected chi connectivity index (χ3v) is 2.51. The Morgan fingerprint density at radius 3 is 2.61 bits per heavy atom. The monoisotopic (exact) mass is 275 g/mol. The highest BCUT2D eigenvalue weighted by atomic mass is 35.5. The summed E-state index contributed by atoms with van der Waals surface area (Å²) >= 11 is 5.47. The van der Waals surface area contributed by atoms with Gasteiger partial charge >= 0.3 is 6.09 Å². The Hall–Kier alpha value is -1.04. The van der Waals surface area contributed by atoms with Gasteiger partial charge in [0.1, 0.15) is 11.7 Å². The summed E-state index contributed by atoms with van der Waals surface area (Å²) in [6.07, 6.45) is -1.51. The van der Waals surface area contributed by atoms with Gasteiger partial charge in [0.05, 0.1) is 17.7 Å². The topological polar surface area (TPSA) is 71.7 Å². The van der Waals surface area contributed by atoms with Crippen molar-refractivity contribution in [3.8, 4) is 0 Å². The van der Waals surface area contributed by atoms with Crippen molar-refractivity contribution < 1.29 is 19.7 Å². The summed E-state index contributed by atoms with van der Waals surface area (Å²) in [6, 6.07) is 3.12. The lowest BCUT2D eigenvalue weighted by atomic mass is 10.1. The first-order chi connectivity index (χ1) is 8.26. The molecule has 2 N–H and O–H groups in total. The van der Waals surface area contributed by atoms with Gasteiger partial charge in [-0.2, -0.15) is 0 Å². The molecule has 0 fully saturated rings. The third-order valence-electron chi connectivity index (χ3n) is 2.20. The number of aliphatic hydroxyl groups excluding tert-OH is 2. The second-order valence-electron chi connectivity index (χ2n) is 4.95. The Balaban J connectivity index is 2.92. The molecule has 0 saturated carbocycles. The fraction of sp³-hybridized carbons (Fsp3) is 0.583. The molecule has 1 rings (SSSR count). The first kappa shape index (κ1) is 15.0. The van der Waals surface area contributed by atoms with Crippen LogP contribution in [0.5, 0.6) is 0 Å². The van der Waals surface area contributed by atoms with Crippen molar-refractivity contribution in [1.82, 2.24) is 4.57 Å². The van der Waals surface area contributed by atoms with E-state index in [2.05, 4.69) is 0 Å². The molecule has 1 aromatic heterocycles. The quantitative estimate of drug-likeness (QED) is 0.827. The number of carbonyl (C=O) groups is 1. The van der Waals surface area contributed by atoms with Crippen LogP contribution in [0.3, 0.4) is 0 Å². The minimum absolute atomic E-state index is 0.124. The maximum atomic E-state index is 11.9. The van der Waals surface area contributed by atoms with Crippen LogP contribution in [0, 0.1) is 0 Å². The number of halogens is 1. The smallest absolute Gasteiger partial charge is 0.418 e. The van der Waals surface area contributed by atoms with E-state index < -0.39 is 23.9 Å². The van der Waals surface area contributed by atoms with E-state index in [1.165, 1.54) is 12.3 Å². The van der Waals surface area contributed by atoms with Crippen LogP contribution in [0.25, 0.3) is 0 Å². The number of hydrogen-bond donors (Lipinski definition) is 2. The van der Waals surface area contributed by atoms with Crippen molar-refractivity contribution in [3.05, 3.63) is 24.0 Å². The Labute approximate surface area is 111 Å². The average molecular weight is 276 g/mol. The summed E-state index contributed by atoms with van der Waals surface area (Å²) in [5.41, 5.74) is -0.383. The van der Waals surface area contributed by atoms with Crippen LogP contribution < -0.4 is 0 Å². The highest BCUT2D eigenvalue weighted by molar-refractivity contribution is 6.18. The minimum Gasteiger partial charge on any atom is -0.443 e. The average Bonchev–Trinajstić information content (AvgIpc) is 2.73. The molecule has 0 spiro atoms. The van der Waals surface area contributed by atoms with Crippen LogP contribution >= 0.6 is 11.6 Å². The molecule has 0 saturated heterocycles. The number of ether oxygens (including phenoxy) is 1. The Bertz CT molecular complexity index is 410. The second kappa shape index (κ2) is 5.73. The van der Waals surface area contributed by atoms with Crippen LogP contribution in [-0.2, 0) is 4.74 Å². The predicted molar refractivity (Wildman–Crippen MR) is 67.8 cm³/mol. The summed E-state index contributed by atoms with van der Waals surface area (Å²) in [6.45, 7) is 5.24. The molecule has 1 heterocycles. The van der Waals surface area contributed by atoms with E-state index in [9.17, 15) is 15.0 Å². The van der Waals surface area contributed by atoms with E-state index in [1.54, 1.807) is 26.8 Å². The number of nitrogens with zero attached hydrogens (tertiary/aromatic N) is 1. The minimum atomic E-state index is -1.23. The van der Waals surface area contributed by atoms with Gasteiger partial charge in [-0.25, -0.2) is 4.79 Å². The van der Waals surface area contributed by atoms with Gasteiger partial charge in [0.2, 0.25) is 0 Å². The number of hydrogen-bond acceptors (Lipinski definition) is 4. The van der Waals surface area contributed by atoms with E-state index in [4.69, 9.17) is 16.3 Å². The van der Waals surface area contributed by atoms with Crippen LogP contribution in [0.2, 0.25) is 0 Å². The number of alkyl halides is 1. The zero-order chi connectivity index (χ0) is 13.9. The standard InChI is InChI=1S/C12H18ClNO4/c1-12(2,3)18-11(17)14-6-4-5-8(14)10(16)9(15)7-13/h4-6,9-10,15-16H,7H2,1-3H3. The summed E-state index contributed by atoms with van der Waals surface area (Å²) < 4.78 is 6.34. The fourth-order valence-electron chi connectivity index (χ4n) is 1.39. The number of carbonyl (C=O) groups excluding carboxylic acids is 1. The molecule has 1 aromatic rings. The maximum Gasteiger partial charge on any atom is 0.418 e. The molecule has 2 unspecified atom stereocenters. The van der Waals surface area contributed by atoms with Crippen LogP contribution in [0.15, 0.2) is 18.3 Å². The molecule has 102 valence electrons. The van der Waals surface area contributed by atoms with Gasteiger partial charge in [-0.15, -0.1) is 11.6 Å². The first-order valence-corrected chi connectivity index (χ1v) is 6.12. The van der Waals surface area contributed by atoms with Crippen LogP contribution in [0.4, 0.5) is 4.79 Å². The van der Waals surface area contributed by atoms with Crippen molar-refractivity contribution in [2.24, 2.45) is 0 Å². The Morgan fingerprint density at radius 2 is 2.11 bits per heavy atom. The normalized spacial score (nSPS) is 15.2. The first-order valence-electron chi connectivity index (χ1n) is 5.59. The van der Waals surface area contributed by atoms with E-state index in [1.807, 2.05) is 0 Å². The van der Waals surface area contributed by atoms with Crippen molar-refractivity contribution >= 4 is 17.7 Å². The van der Waals surface area contributed by atoms with Crippen molar-refractivity contribution in [1.29, 1.82) is 0 Å². The van der Waals surface area contributed by atoms with Crippen molar-refractivity contribution in [3.63, 3.8) is 0 Å². The summed E-state index contributed by atoms with van der Waals surface area (Å²) in [7, 11) is 0. The fourth-order valence-corrected chi connectivity index (χ4v) is 1.56. The lowest BCUT2D eigenvalue weighted by Crippen LogP contribution is -2.30. The molecule has 0 amide bonds. The molecule has 0 bridgehead atoms. The summed E-state index contributed by atoms with van der Waals surface area (Å²) in [5.74, 6) is -0.124. The zero-order valence-electron chi connectivity index (χ0n) is 10.6. The highest BCUT2D eigenvalue weighted by Crippen LogP contribution is 2.20. The van der Waals surface area contributed by atoms with Gasteiger partial charge in [-0.3, -0.25) is 4.57 Å². The van der Waals surface area contributed by atoms with Gasteiger partial charge in [0.15, 0.2) is 0 Å². The molecule has 6 heteroatoms. The largest absolute Gasteiger partial charge is 0.443 e. The van der Waals surface area contributed by atoms with Gasteiger partial charge in [-0.05, 0) is 32.9 Å². The molecule has 18 heavy (non-hydrogen) atoms. The molecular weight excluding hydrogens is 258 g/mol. The SMILES string of the molecule is CC(C)(C)OC(=O)n1cccc1C(O)C(O)CCl. The molecule has 0 aromatic carbocycles.